The van der Waals surface area contributed by atoms with Crippen molar-refractivity contribution < 1.29 is 19.0 Å². The Labute approximate surface area is 148 Å². The molecule has 1 amide bonds. The number of benzene rings is 2. The van der Waals surface area contributed by atoms with E-state index in [2.05, 4.69) is 5.32 Å². The highest BCUT2D eigenvalue weighted by Crippen LogP contribution is 2.29. The van der Waals surface area contributed by atoms with Crippen LogP contribution < -0.4 is 19.5 Å². The third kappa shape index (κ3) is 5.71. The number of carbonyl (C=O) groups is 1. The molecule has 0 aliphatic rings. The summed E-state index contributed by atoms with van der Waals surface area (Å²) in [7, 11) is 3.21. The van der Waals surface area contributed by atoms with E-state index in [4.69, 9.17) is 14.2 Å². The van der Waals surface area contributed by atoms with E-state index < -0.39 is 0 Å². The third-order valence-electron chi connectivity index (χ3n) is 3.84. The van der Waals surface area contributed by atoms with Gasteiger partial charge >= 0.3 is 0 Å². The maximum absolute atomic E-state index is 12.1. The maximum atomic E-state index is 12.1. The molecule has 0 aromatic heterocycles. The Hall–Kier alpha value is -2.69. The van der Waals surface area contributed by atoms with Gasteiger partial charge in [-0.3, -0.25) is 4.79 Å². The van der Waals surface area contributed by atoms with E-state index in [1.807, 2.05) is 55.5 Å². The molecular formula is C20H25NO4. The molecule has 0 saturated heterocycles. The van der Waals surface area contributed by atoms with Gasteiger partial charge in [0.25, 0.3) is 0 Å². The van der Waals surface area contributed by atoms with E-state index in [1.54, 1.807) is 14.2 Å². The fraction of sp³-hybridized carbons (Fsp3) is 0.350. The normalized spacial score (nSPS) is 11.5. The van der Waals surface area contributed by atoms with E-state index in [1.165, 1.54) is 0 Å². The summed E-state index contributed by atoms with van der Waals surface area (Å²) in [5.41, 5.74) is 0.914. The first kappa shape index (κ1) is 18.6. The smallest absolute Gasteiger partial charge is 0.220 e. The summed E-state index contributed by atoms with van der Waals surface area (Å²) in [4.78, 5) is 12.1. The maximum Gasteiger partial charge on any atom is 0.220 e. The number of nitrogens with one attached hydrogen (secondary N) is 1. The Bertz CT molecular complexity index is 673. The molecule has 0 radical (unpaired) electrons. The fourth-order valence-corrected chi connectivity index (χ4v) is 2.51. The fourth-order valence-electron chi connectivity index (χ4n) is 2.51. The summed E-state index contributed by atoms with van der Waals surface area (Å²) in [6, 6.07) is 15.0. The summed E-state index contributed by atoms with van der Waals surface area (Å²) < 4.78 is 16.2. The number of ether oxygens (including phenoxy) is 3. The molecule has 0 saturated carbocycles. The van der Waals surface area contributed by atoms with Crippen molar-refractivity contribution in [3.8, 4) is 17.2 Å². The van der Waals surface area contributed by atoms with E-state index in [9.17, 15) is 4.79 Å². The highest BCUT2D eigenvalue weighted by atomic mass is 16.5. The topological polar surface area (TPSA) is 56.8 Å². The van der Waals surface area contributed by atoms with Crippen LogP contribution >= 0.6 is 0 Å². The van der Waals surface area contributed by atoms with Crippen molar-refractivity contribution in [1.29, 1.82) is 0 Å². The molecule has 25 heavy (non-hydrogen) atoms. The molecule has 0 aliphatic heterocycles. The van der Waals surface area contributed by atoms with Gasteiger partial charge in [-0.25, -0.2) is 0 Å². The minimum absolute atomic E-state index is 0.0120. The van der Waals surface area contributed by atoms with Crippen LogP contribution in [0.5, 0.6) is 17.2 Å². The van der Waals surface area contributed by atoms with Crippen molar-refractivity contribution in [1.82, 2.24) is 5.32 Å². The molecule has 0 fully saturated rings. The van der Waals surface area contributed by atoms with Crippen LogP contribution in [0.3, 0.4) is 0 Å². The second kappa shape index (κ2) is 9.57. The van der Waals surface area contributed by atoms with E-state index >= 15 is 0 Å². The van der Waals surface area contributed by atoms with Crippen molar-refractivity contribution in [2.45, 2.75) is 25.8 Å². The first-order chi connectivity index (χ1) is 12.1. The van der Waals surface area contributed by atoms with Crippen molar-refractivity contribution in [2.24, 2.45) is 0 Å². The molecule has 5 nitrogen and oxygen atoms in total. The Kier molecular flexibility index (Phi) is 7.14. The number of rotatable bonds is 9. The van der Waals surface area contributed by atoms with Gasteiger partial charge in [0, 0.05) is 18.1 Å². The number of amides is 1. The van der Waals surface area contributed by atoms with Crippen molar-refractivity contribution in [3.63, 3.8) is 0 Å². The number of hydrogen-bond acceptors (Lipinski definition) is 4. The summed E-state index contributed by atoms with van der Waals surface area (Å²) in [5, 5.41) is 2.99. The lowest BCUT2D eigenvalue weighted by molar-refractivity contribution is -0.121. The molecule has 1 N–H and O–H groups in total. The first-order valence-corrected chi connectivity index (χ1v) is 8.33. The molecule has 134 valence electrons. The van der Waals surface area contributed by atoms with E-state index in [-0.39, 0.29) is 11.9 Å². The van der Waals surface area contributed by atoms with Crippen LogP contribution in [0.1, 0.15) is 31.4 Å². The number of carbonyl (C=O) groups excluding carboxylic acids is 1. The van der Waals surface area contributed by atoms with Gasteiger partial charge < -0.3 is 19.5 Å². The average Bonchev–Trinajstić information content (AvgIpc) is 2.65. The lowest BCUT2D eigenvalue weighted by Crippen LogP contribution is -2.27. The molecular weight excluding hydrogens is 318 g/mol. The van der Waals surface area contributed by atoms with Gasteiger partial charge in [0.2, 0.25) is 5.91 Å². The highest BCUT2D eigenvalue weighted by Gasteiger charge is 2.14. The molecule has 0 aliphatic carbocycles. The summed E-state index contributed by atoms with van der Waals surface area (Å²) in [5.74, 6) is 2.22. The Morgan fingerprint density at radius 1 is 1.04 bits per heavy atom. The molecule has 2 rings (SSSR count). The van der Waals surface area contributed by atoms with Gasteiger partial charge in [-0.2, -0.15) is 0 Å². The van der Waals surface area contributed by atoms with Gasteiger partial charge in [-0.05, 0) is 37.6 Å². The number of para-hydroxylation sites is 1. The molecule has 1 atom stereocenters. The minimum Gasteiger partial charge on any atom is -0.497 e. The van der Waals surface area contributed by atoms with Crippen LogP contribution in [0.25, 0.3) is 0 Å². The van der Waals surface area contributed by atoms with E-state index in [0.717, 1.165) is 17.1 Å². The lowest BCUT2D eigenvalue weighted by Gasteiger charge is -2.18. The molecule has 0 spiro atoms. The predicted molar refractivity (Wildman–Crippen MR) is 97.3 cm³/mol. The van der Waals surface area contributed by atoms with Crippen molar-refractivity contribution in [3.05, 3.63) is 54.1 Å². The molecule has 1 unspecified atom stereocenters. The van der Waals surface area contributed by atoms with Crippen LogP contribution in [-0.4, -0.2) is 26.7 Å². The van der Waals surface area contributed by atoms with Gasteiger partial charge in [0.1, 0.15) is 17.2 Å². The van der Waals surface area contributed by atoms with Gasteiger partial charge in [-0.15, -0.1) is 0 Å². The molecule has 2 aromatic rings. The minimum atomic E-state index is -0.150. The zero-order valence-corrected chi connectivity index (χ0v) is 15.0. The van der Waals surface area contributed by atoms with Crippen LogP contribution in [0.2, 0.25) is 0 Å². The summed E-state index contributed by atoms with van der Waals surface area (Å²) in [6.45, 7) is 2.44. The Morgan fingerprint density at radius 2 is 1.80 bits per heavy atom. The predicted octanol–water partition coefficient (Wildman–Crippen LogP) is 3.74. The lowest BCUT2D eigenvalue weighted by atomic mass is 10.1. The number of hydrogen-bond donors (Lipinski definition) is 1. The van der Waals surface area contributed by atoms with Gasteiger partial charge in [0.15, 0.2) is 0 Å². The second-order valence-corrected chi connectivity index (χ2v) is 5.66. The molecule has 5 heteroatoms. The zero-order chi connectivity index (χ0) is 18.1. The molecule has 2 aromatic carbocycles. The summed E-state index contributed by atoms with van der Waals surface area (Å²) in [6.07, 6.45) is 1.07. The Balaban J connectivity index is 1.79. The van der Waals surface area contributed by atoms with Crippen LogP contribution in [0.15, 0.2) is 48.5 Å². The highest BCUT2D eigenvalue weighted by molar-refractivity contribution is 5.76. The molecule has 0 heterocycles. The van der Waals surface area contributed by atoms with Crippen LogP contribution in [0.4, 0.5) is 0 Å². The van der Waals surface area contributed by atoms with Gasteiger partial charge in [-0.1, -0.05) is 18.2 Å². The largest absolute Gasteiger partial charge is 0.497 e. The van der Waals surface area contributed by atoms with Crippen molar-refractivity contribution >= 4 is 5.91 Å². The van der Waals surface area contributed by atoms with E-state index in [0.29, 0.717) is 25.2 Å². The SMILES string of the molecule is COc1ccc(C(C)NC(=O)CCCOc2ccccc2)c(OC)c1. The van der Waals surface area contributed by atoms with Gasteiger partial charge in [0.05, 0.1) is 26.9 Å². The van der Waals surface area contributed by atoms with Crippen molar-refractivity contribution in [2.75, 3.05) is 20.8 Å². The second-order valence-electron chi connectivity index (χ2n) is 5.66. The average molecular weight is 343 g/mol. The van der Waals surface area contributed by atoms with Crippen LogP contribution in [0, 0.1) is 0 Å². The first-order valence-electron chi connectivity index (χ1n) is 8.33. The third-order valence-corrected chi connectivity index (χ3v) is 3.84. The molecule has 0 bridgehead atoms. The quantitative estimate of drug-likeness (QED) is 0.705. The standard InChI is InChI=1S/C20H25NO4/c1-15(18-12-11-17(23-2)14-19(18)24-3)21-20(22)10-7-13-25-16-8-5-4-6-9-16/h4-6,8-9,11-12,14-15H,7,10,13H2,1-3H3,(H,21,22). The monoisotopic (exact) mass is 343 g/mol. The Morgan fingerprint density at radius 3 is 2.48 bits per heavy atom. The zero-order valence-electron chi connectivity index (χ0n) is 15.0. The summed E-state index contributed by atoms with van der Waals surface area (Å²) >= 11 is 0. The van der Waals surface area contributed by atoms with Crippen LogP contribution in [-0.2, 0) is 4.79 Å². The number of methoxy groups -OCH3 is 2.